The predicted octanol–water partition coefficient (Wildman–Crippen LogP) is 6.52. The number of nitrogens with zero attached hydrogens (tertiary/aromatic N) is 1. The monoisotopic (exact) mass is 305 g/mol. The quantitative estimate of drug-likeness (QED) is 0.256. The zero-order valence-electron chi connectivity index (χ0n) is 15.2. The SMILES string of the molecule is C=NCCCCCCCC1CC1CC1CC1CCC(C)CC. The Kier molecular flexibility index (Phi) is 7.97. The van der Waals surface area contributed by atoms with Gasteiger partial charge in [0.1, 0.15) is 0 Å². The molecule has 1 heteroatoms. The van der Waals surface area contributed by atoms with Crippen LogP contribution in [-0.2, 0) is 0 Å². The minimum Gasteiger partial charge on any atom is -0.301 e. The summed E-state index contributed by atoms with van der Waals surface area (Å²) in [6, 6.07) is 0. The lowest BCUT2D eigenvalue weighted by atomic mass is 9.99. The van der Waals surface area contributed by atoms with Gasteiger partial charge in [0.25, 0.3) is 0 Å². The minimum absolute atomic E-state index is 0.956. The fourth-order valence-electron chi connectivity index (χ4n) is 4.16. The van der Waals surface area contributed by atoms with Crippen molar-refractivity contribution in [2.45, 2.75) is 90.9 Å². The van der Waals surface area contributed by atoms with Gasteiger partial charge in [-0.25, -0.2) is 0 Å². The molecule has 0 aliphatic heterocycles. The molecule has 2 fully saturated rings. The molecule has 2 saturated carbocycles. The molecule has 128 valence electrons. The number of unbranched alkanes of at least 4 members (excludes halogenated alkanes) is 4. The lowest BCUT2D eigenvalue weighted by Gasteiger charge is -2.07. The maximum atomic E-state index is 3.92. The third kappa shape index (κ3) is 6.84. The lowest BCUT2D eigenvalue weighted by molar-refractivity contribution is 0.451. The fraction of sp³-hybridized carbons (Fsp3) is 0.952. The first kappa shape index (κ1) is 18.0. The molecule has 0 bridgehead atoms. The molecule has 2 rings (SSSR count). The topological polar surface area (TPSA) is 12.4 Å². The van der Waals surface area contributed by atoms with Crippen molar-refractivity contribution in [1.29, 1.82) is 0 Å². The van der Waals surface area contributed by atoms with E-state index >= 15 is 0 Å². The van der Waals surface area contributed by atoms with Gasteiger partial charge in [-0.15, -0.1) is 0 Å². The van der Waals surface area contributed by atoms with E-state index in [9.17, 15) is 0 Å². The number of hydrogen-bond donors (Lipinski definition) is 0. The molecule has 0 amide bonds. The molecule has 0 N–H and O–H groups in total. The van der Waals surface area contributed by atoms with Gasteiger partial charge in [-0.3, -0.25) is 0 Å². The summed E-state index contributed by atoms with van der Waals surface area (Å²) in [5.74, 6) is 5.45. The first-order valence-electron chi connectivity index (χ1n) is 10.2. The zero-order valence-corrected chi connectivity index (χ0v) is 15.2. The Hall–Kier alpha value is -0.330. The van der Waals surface area contributed by atoms with Crippen LogP contribution in [0.1, 0.15) is 90.9 Å². The van der Waals surface area contributed by atoms with Gasteiger partial charge in [0, 0.05) is 6.54 Å². The smallest absolute Gasteiger partial charge is 0.0382 e. The van der Waals surface area contributed by atoms with E-state index in [2.05, 4.69) is 25.6 Å². The Morgan fingerprint density at radius 1 is 0.909 bits per heavy atom. The van der Waals surface area contributed by atoms with E-state index in [1.165, 1.54) is 57.8 Å². The summed E-state index contributed by atoms with van der Waals surface area (Å²) >= 11 is 0. The molecule has 0 heterocycles. The Balaban J connectivity index is 1.39. The Bertz CT molecular complexity index is 311. The second-order valence-electron chi connectivity index (χ2n) is 8.34. The van der Waals surface area contributed by atoms with Gasteiger partial charge in [0.15, 0.2) is 0 Å². The van der Waals surface area contributed by atoms with E-state index in [1.807, 2.05) is 0 Å². The van der Waals surface area contributed by atoms with Gasteiger partial charge >= 0.3 is 0 Å². The molecule has 0 aromatic heterocycles. The van der Waals surface area contributed by atoms with Crippen LogP contribution in [-0.4, -0.2) is 13.3 Å². The third-order valence-corrected chi connectivity index (χ3v) is 6.36. The van der Waals surface area contributed by atoms with Crippen molar-refractivity contribution in [3.8, 4) is 0 Å². The summed E-state index contributed by atoms with van der Waals surface area (Å²) < 4.78 is 0. The molecule has 0 aromatic rings. The Morgan fingerprint density at radius 3 is 2.23 bits per heavy atom. The molecule has 0 aromatic carbocycles. The molecule has 0 spiro atoms. The first-order chi connectivity index (χ1) is 10.7. The van der Waals surface area contributed by atoms with Crippen molar-refractivity contribution in [3.63, 3.8) is 0 Å². The van der Waals surface area contributed by atoms with Crippen molar-refractivity contribution in [2.75, 3.05) is 6.54 Å². The second kappa shape index (κ2) is 9.73. The highest BCUT2D eigenvalue weighted by Gasteiger charge is 2.44. The van der Waals surface area contributed by atoms with E-state index in [4.69, 9.17) is 0 Å². The zero-order chi connectivity index (χ0) is 15.8. The van der Waals surface area contributed by atoms with Crippen molar-refractivity contribution in [2.24, 2.45) is 34.6 Å². The van der Waals surface area contributed by atoms with E-state index in [0.717, 1.165) is 36.1 Å². The largest absolute Gasteiger partial charge is 0.301 e. The summed E-state index contributed by atoms with van der Waals surface area (Å²) in [6.07, 6.45) is 17.5. The number of rotatable bonds is 14. The van der Waals surface area contributed by atoms with Crippen molar-refractivity contribution in [3.05, 3.63) is 0 Å². The summed E-state index contributed by atoms with van der Waals surface area (Å²) in [5.41, 5.74) is 0. The van der Waals surface area contributed by atoms with Crippen LogP contribution < -0.4 is 0 Å². The van der Waals surface area contributed by atoms with Gasteiger partial charge in [-0.2, -0.15) is 0 Å². The van der Waals surface area contributed by atoms with E-state index in [0.29, 0.717) is 0 Å². The van der Waals surface area contributed by atoms with E-state index < -0.39 is 0 Å². The summed E-state index contributed by atoms with van der Waals surface area (Å²) in [4.78, 5) is 3.92. The molecule has 5 unspecified atom stereocenters. The molecular formula is C21H39N. The highest BCUT2D eigenvalue weighted by atomic mass is 14.7. The van der Waals surface area contributed by atoms with Gasteiger partial charge in [0.05, 0.1) is 0 Å². The standard InChI is InChI=1S/C21H39N/c1-4-17(2)11-12-19-15-21(19)16-20-14-18(20)10-8-6-5-7-9-13-22-3/h17-21H,3-16H2,1-2H3. The highest BCUT2D eigenvalue weighted by Crippen LogP contribution is 2.54. The van der Waals surface area contributed by atoms with Gasteiger partial charge in [-0.05, 0) is 68.4 Å². The average molecular weight is 306 g/mol. The van der Waals surface area contributed by atoms with Crippen LogP contribution >= 0.6 is 0 Å². The normalized spacial score (nSPS) is 31.0. The van der Waals surface area contributed by atoms with Gasteiger partial charge in [-0.1, -0.05) is 58.8 Å². The molecule has 2 aliphatic rings. The Morgan fingerprint density at radius 2 is 1.55 bits per heavy atom. The van der Waals surface area contributed by atoms with Crippen molar-refractivity contribution in [1.82, 2.24) is 0 Å². The van der Waals surface area contributed by atoms with Crippen molar-refractivity contribution >= 4 is 6.72 Å². The fourth-order valence-corrected chi connectivity index (χ4v) is 4.16. The van der Waals surface area contributed by atoms with E-state index in [1.54, 1.807) is 19.3 Å². The predicted molar refractivity (Wildman–Crippen MR) is 98.6 cm³/mol. The van der Waals surface area contributed by atoms with Crippen LogP contribution in [0, 0.1) is 29.6 Å². The first-order valence-corrected chi connectivity index (χ1v) is 10.2. The maximum Gasteiger partial charge on any atom is 0.0382 e. The van der Waals surface area contributed by atoms with Crippen LogP contribution in [0.2, 0.25) is 0 Å². The van der Waals surface area contributed by atoms with Crippen LogP contribution in [0.3, 0.4) is 0 Å². The number of hydrogen-bond acceptors (Lipinski definition) is 1. The van der Waals surface area contributed by atoms with Crippen molar-refractivity contribution < 1.29 is 0 Å². The summed E-state index contributed by atoms with van der Waals surface area (Å²) in [5, 5.41) is 0. The minimum atomic E-state index is 0.956. The molecule has 0 saturated heterocycles. The molecule has 5 atom stereocenters. The molecule has 0 radical (unpaired) electrons. The summed E-state index contributed by atoms with van der Waals surface area (Å²) in [7, 11) is 0. The molecule has 22 heavy (non-hydrogen) atoms. The highest BCUT2D eigenvalue weighted by molar-refractivity contribution is 5.22. The van der Waals surface area contributed by atoms with Crippen LogP contribution in [0.4, 0.5) is 0 Å². The number of aliphatic imine (C=N–C) groups is 1. The third-order valence-electron chi connectivity index (χ3n) is 6.36. The maximum absolute atomic E-state index is 3.92. The van der Waals surface area contributed by atoms with Crippen LogP contribution in [0.15, 0.2) is 4.99 Å². The van der Waals surface area contributed by atoms with Crippen LogP contribution in [0.5, 0.6) is 0 Å². The molecule has 1 nitrogen and oxygen atoms in total. The molecular weight excluding hydrogens is 266 g/mol. The van der Waals surface area contributed by atoms with Crippen LogP contribution in [0.25, 0.3) is 0 Å². The van der Waals surface area contributed by atoms with Gasteiger partial charge < -0.3 is 4.99 Å². The second-order valence-corrected chi connectivity index (χ2v) is 8.34. The summed E-state index contributed by atoms with van der Waals surface area (Å²) in [6.45, 7) is 9.26. The molecule has 2 aliphatic carbocycles. The Labute approximate surface area is 139 Å². The van der Waals surface area contributed by atoms with E-state index in [-0.39, 0.29) is 0 Å². The lowest BCUT2D eigenvalue weighted by Crippen LogP contribution is -1.94. The van der Waals surface area contributed by atoms with Gasteiger partial charge in [0.2, 0.25) is 0 Å². The average Bonchev–Trinajstić information content (AvgIpc) is 3.43.